The van der Waals surface area contributed by atoms with Crippen LogP contribution in [0.15, 0.2) is 77.4 Å². The van der Waals surface area contributed by atoms with Crippen LogP contribution in [0.25, 0.3) is 0 Å². The lowest BCUT2D eigenvalue weighted by Gasteiger charge is -2.35. The van der Waals surface area contributed by atoms with Gasteiger partial charge in [0.15, 0.2) is 0 Å². The van der Waals surface area contributed by atoms with Crippen LogP contribution in [0.5, 0.6) is 0 Å². The number of fused-ring (bicyclic) bond motifs is 2. The topological polar surface area (TPSA) is 143 Å². The molecule has 0 aromatic heterocycles. The van der Waals surface area contributed by atoms with Gasteiger partial charge in [0.2, 0.25) is 11.8 Å². The molecule has 10 nitrogen and oxygen atoms in total. The predicted octanol–water partition coefficient (Wildman–Crippen LogP) is 1.81. The van der Waals surface area contributed by atoms with Crippen LogP contribution in [0.4, 0.5) is 5.69 Å². The van der Waals surface area contributed by atoms with Gasteiger partial charge in [-0.1, -0.05) is 48.5 Å². The van der Waals surface area contributed by atoms with Crippen molar-refractivity contribution in [2.24, 2.45) is 5.73 Å². The molecule has 2 heterocycles. The van der Waals surface area contributed by atoms with Gasteiger partial charge in [-0.15, -0.1) is 0 Å². The monoisotopic (exact) mass is 478 g/mol. The number of nitrogens with one attached hydrogen (secondary N) is 1. The number of benzene rings is 2. The maximum atomic E-state index is 13.7. The highest BCUT2D eigenvalue weighted by molar-refractivity contribution is 6.21. The summed E-state index contributed by atoms with van der Waals surface area (Å²) >= 11 is 0. The van der Waals surface area contributed by atoms with Crippen LogP contribution in [0.2, 0.25) is 0 Å². The third kappa shape index (κ3) is 3.88. The van der Waals surface area contributed by atoms with Crippen molar-refractivity contribution in [3.8, 4) is 0 Å². The summed E-state index contributed by atoms with van der Waals surface area (Å²) in [5, 5.41) is 2.68. The van der Waals surface area contributed by atoms with Crippen molar-refractivity contribution in [3.05, 3.63) is 88.5 Å². The Balaban J connectivity index is 1.92. The highest BCUT2D eigenvalue weighted by Crippen LogP contribution is 2.52. The summed E-state index contributed by atoms with van der Waals surface area (Å²) in [5.74, 6) is -4.23. The zero-order valence-electron chi connectivity index (χ0n) is 19.0. The van der Waals surface area contributed by atoms with E-state index in [1.54, 1.807) is 48.5 Å². The summed E-state index contributed by atoms with van der Waals surface area (Å²) in [6.45, 7) is -0.123. The van der Waals surface area contributed by atoms with Crippen LogP contribution < -0.4 is 11.1 Å². The van der Waals surface area contributed by atoms with Gasteiger partial charge in [-0.2, -0.15) is 0 Å². The summed E-state index contributed by atoms with van der Waals surface area (Å²) in [7, 11) is 2.26. The van der Waals surface area contributed by atoms with E-state index in [1.807, 2.05) is 6.07 Å². The number of carbonyl (C=O) groups is 4. The van der Waals surface area contributed by atoms with Crippen LogP contribution >= 0.6 is 0 Å². The molecular formula is C25H22N2O8. The average molecular weight is 478 g/mol. The molecule has 2 aliphatic heterocycles. The van der Waals surface area contributed by atoms with Crippen LogP contribution in [0, 0.1) is 0 Å². The first-order chi connectivity index (χ1) is 16.8. The van der Waals surface area contributed by atoms with Gasteiger partial charge in [-0.3, -0.25) is 9.59 Å². The molecule has 0 aliphatic carbocycles. The second-order valence-electron chi connectivity index (χ2n) is 7.70. The number of methoxy groups -OCH3 is 2. The minimum atomic E-state index is -2.08. The third-order valence-corrected chi connectivity index (χ3v) is 5.77. The van der Waals surface area contributed by atoms with Crippen molar-refractivity contribution in [1.29, 1.82) is 0 Å². The number of ether oxygens (including phenoxy) is 4. The third-order valence-electron chi connectivity index (χ3n) is 5.77. The van der Waals surface area contributed by atoms with Crippen molar-refractivity contribution in [2.45, 2.75) is 18.4 Å². The molecule has 4 rings (SSSR count). The minimum absolute atomic E-state index is 0.123. The fourth-order valence-corrected chi connectivity index (χ4v) is 4.25. The van der Waals surface area contributed by atoms with Gasteiger partial charge >= 0.3 is 17.9 Å². The molecule has 1 atom stereocenters. The Kier molecular flexibility index (Phi) is 6.28. The van der Waals surface area contributed by atoms with Gasteiger partial charge in [0, 0.05) is 11.3 Å². The molecule has 35 heavy (non-hydrogen) atoms. The maximum Gasteiger partial charge on any atom is 0.341 e. The predicted molar refractivity (Wildman–Crippen MR) is 121 cm³/mol. The Bertz CT molecular complexity index is 1280. The number of carbonyl (C=O) groups excluding carboxylic acids is 4. The molecule has 10 heteroatoms. The first-order valence-electron chi connectivity index (χ1n) is 10.5. The second kappa shape index (κ2) is 9.34. The molecule has 0 bridgehead atoms. The van der Waals surface area contributed by atoms with Crippen molar-refractivity contribution < 1.29 is 38.1 Å². The molecule has 1 amide bonds. The summed E-state index contributed by atoms with van der Waals surface area (Å²) < 4.78 is 20.7. The quantitative estimate of drug-likeness (QED) is 0.469. The number of esters is 3. The molecule has 0 fully saturated rings. The van der Waals surface area contributed by atoms with Gasteiger partial charge in [-0.25, -0.2) is 9.59 Å². The first-order valence-corrected chi connectivity index (χ1v) is 10.5. The Morgan fingerprint density at radius 1 is 0.943 bits per heavy atom. The Labute approximate surface area is 200 Å². The van der Waals surface area contributed by atoms with Gasteiger partial charge in [-0.05, 0) is 11.6 Å². The lowest BCUT2D eigenvalue weighted by Crippen LogP contribution is -2.48. The largest absolute Gasteiger partial charge is 0.469 e. The second-order valence-corrected chi connectivity index (χ2v) is 7.70. The standard InChI is InChI=1S/C25H22N2O8/c1-32-18(28)12-17-19(22(29)33-2)25(15-10-6-7-11-16(15)27-24(25)31)20(21(26)35-17)23(30)34-13-14-8-4-3-5-9-14/h3-11H,12-13,26H2,1-2H3,(H,27,31). The Hall–Kier alpha value is -4.60. The number of hydrogen-bond donors (Lipinski definition) is 2. The van der Waals surface area contributed by atoms with E-state index in [1.165, 1.54) is 0 Å². The first kappa shape index (κ1) is 23.6. The summed E-state index contributed by atoms with van der Waals surface area (Å²) in [6, 6.07) is 15.4. The molecule has 1 spiro atoms. The van der Waals surface area contributed by atoms with E-state index in [0.717, 1.165) is 14.2 Å². The van der Waals surface area contributed by atoms with Gasteiger partial charge < -0.3 is 30.0 Å². The molecule has 2 aromatic rings. The van der Waals surface area contributed by atoms with Gasteiger partial charge in [0.05, 0.1) is 14.2 Å². The lowest BCUT2D eigenvalue weighted by atomic mass is 9.67. The van der Waals surface area contributed by atoms with E-state index in [2.05, 4.69) is 5.32 Å². The van der Waals surface area contributed by atoms with Gasteiger partial charge in [0.1, 0.15) is 35.3 Å². The Morgan fingerprint density at radius 2 is 1.63 bits per heavy atom. The van der Waals surface area contributed by atoms with E-state index in [9.17, 15) is 19.2 Å². The average Bonchev–Trinajstić information content (AvgIpc) is 3.14. The smallest absolute Gasteiger partial charge is 0.341 e. The van der Waals surface area contributed by atoms with E-state index in [-0.39, 0.29) is 23.5 Å². The number of nitrogens with two attached hydrogens (primary N) is 1. The summed E-state index contributed by atoms with van der Waals surface area (Å²) in [4.78, 5) is 52.3. The fourth-order valence-electron chi connectivity index (χ4n) is 4.25. The molecule has 2 aromatic carbocycles. The van der Waals surface area contributed by atoms with Gasteiger partial charge in [0.25, 0.3) is 0 Å². The van der Waals surface area contributed by atoms with E-state index >= 15 is 0 Å². The lowest BCUT2D eigenvalue weighted by molar-refractivity contribution is -0.143. The number of rotatable bonds is 6. The zero-order valence-corrected chi connectivity index (χ0v) is 19.0. The SMILES string of the molecule is COC(=O)CC1=C(C(=O)OC)C2(C(=O)Nc3ccccc32)C(C(=O)OCc2ccccc2)=C(N)O1. The Morgan fingerprint density at radius 3 is 2.31 bits per heavy atom. The van der Waals surface area contributed by atoms with Crippen LogP contribution in [-0.4, -0.2) is 38.0 Å². The highest BCUT2D eigenvalue weighted by atomic mass is 16.5. The molecule has 2 aliphatic rings. The highest BCUT2D eigenvalue weighted by Gasteiger charge is 2.62. The molecule has 180 valence electrons. The van der Waals surface area contributed by atoms with Crippen molar-refractivity contribution in [2.75, 3.05) is 19.5 Å². The number of para-hydroxylation sites is 1. The maximum absolute atomic E-state index is 13.7. The molecule has 0 saturated carbocycles. The number of anilines is 1. The van der Waals surface area contributed by atoms with Crippen molar-refractivity contribution in [1.82, 2.24) is 0 Å². The normalized spacial score (nSPS) is 18.5. The van der Waals surface area contributed by atoms with E-state index in [4.69, 9.17) is 24.7 Å². The fraction of sp³-hybridized carbons (Fsp3) is 0.200. The summed E-state index contributed by atoms with van der Waals surface area (Å²) in [5.41, 5.74) is 4.62. The van der Waals surface area contributed by atoms with Crippen molar-refractivity contribution >= 4 is 29.5 Å². The minimum Gasteiger partial charge on any atom is -0.469 e. The zero-order chi connectivity index (χ0) is 25.2. The van der Waals surface area contributed by atoms with Crippen LogP contribution in [0.3, 0.4) is 0 Å². The molecule has 0 saturated heterocycles. The molecule has 0 radical (unpaired) electrons. The molecule has 1 unspecified atom stereocenters. The van der Waals surface area contributed by atoms with E-state index < -0.39 is 47.1 Å². The summed E-state index contributed by atoms with van der Waals surface area (Å²) in [6.07, 6.45) is -0.537. The molecular weight excluding hydrogens is 456 g/mol. The van der Waals surface area contributed by atoms with Crippen molar-refractivity contribution in [3.63, 3.8) is 0 Å². The van der Waals surface area contributed by atoms with Crippen LogP contribution in [-0.2, 0) is 50.1 Å². The number of hydrogen-bond acceptors (Lipinski definition) is 9. The number of amides is 1. The van der Waals surface area contributed by atoms with Crippen LogP contribution in [0.1, 0.15) is 17.5 Å². The molecule has 3 N–H and O–H groups in total. The van der Waals surface area contributed by atoms with E-state index in [0.29, 0.717) is 11.3 Å².